The van der Waals surface area contributed by atoms with Crippen molar-refractivity contribution in [1.82, 2.24) is 19.7 Å². The summed E-state index contributed by atoms with van der Waals surface area (Å²) in [6.07, 6.45) is -0.0856. The zero-order valence-electron chi connectivity index (χ0n) is 18.8. The summed E-state index contributed by atoms with van der Waals surface area (Å²) in [6.45, 7) is -0.229. The molecule has 182 valence electrons. The predicted molar refractivity (Wildman–Crippen MR) is 122 cm³/mol. The molecule has 7 nitrogen and oxygen atoms in total. The number of alkyl halides is 3. The fourth-order valence-electron chi connectivity index (χ4n) is 3.68. The van der Waals surface area contributed by atoms with Crippen LogP contribution in [0.1, 0.15) is 35.7 Å². The van der Waals surface area contributed by atoms with Gasteiger partial charge in [0.25, 0.3) is 0 Å². The minimum absolute atomic E-state index is 0.0556. The molecule has 1 fully saturated rings. The van der Waals surface area contributed by atoms with Crippen LogP contribution in [0.15, 0.2) is 36.5 Å². The van der Waals surface area contributed by atoms with Gasteiger partial charge in [-0.15, -0.1) is 10.2 Å². The Hall–Kier alpha value is -3.01. The maximum Gasteiger partial charge on any atom is 0.422 e. The summed E-state index contributed by atoms with van der Waals surface area (Å²) in [5.41, 5.74) is 1.80. The zero-order valence-corrected chi connectivity index (χ0v) is 19.6. The van der Waals surface area contributed by atoms with Gasteiger partial charge in [0.1, 0.15) is 11.6 Å². The zero-order chi connectivity index (χ0) is 24.3. The fourth-order valence-corrected chi connectivity index (χ4v) is 3.88. The van der Waals surface area contributed by atoms with Gasteiger partial charge in [-0.25, -0.2) is 4.98 Å². The van der Waals surface area contributed by atoms with Crippen molar-refractivity contribution in [3.05, 3.63) is 58.5 Å². The Labute approximate surface area is 200 Å². The number of rotatable bonds is 10. The van der Waals surface area contributed by atoms with E-state index in [0.717, 1.165) is 41.5 Å². The Kier molecular flexibility index (Phi) is 7.16. The number of ether oxygens (including phenoxy) is 2. The first-order chi connectivity index (χ1) is 16.2. The number of hydrogen-bond acceptors (Lipinski definition) is 6. The van der Waals surface area contributed by atoms with Crippen molar-refractivity contribution >= 4 is 17.5 Å². The largest absolute Gasteiger partial charge is 0.496 e. The quantitative estimate of drug-likeness (QED) is 0.393. The Morgan fingerprint density at radius 2 is 1.97 bits per heavy atom. The molecule has 4 rings (SSSR count). The molecule has 0 amide bonds. The molecule has 1 aliphatic carbocycles. The fraction of sp³-hybridized carbons (Fsp3) is 0.435. The standard InChI is InChI=1S/C23H25ClF3N5O2/c1-31(13-17-11-18(24)6-7-19(17)33-2)22-30-29-21(16-4-5-16)32(22)10-9-15-3-8-20(28-12-15)34-14-23(25,26)27/h3,6-8,11-12,16H,4-5,9-10,13-14H2,1-2H3. The number of anilines is 1. The van der Waals surface area contributed by atoms with Crippen LogP contribution in [0.2, 0.25) is 5.02 Å². The summed E-state index contributed by atoms with van der Waals surface area (Å²) in [4.78, 5) is 5.99. The predicted octanol–water partition coefficient (Wildman–Crippen LogP) is 5.03. The highest BCUT2D eigenvalue weighted by atomic mass is 35.5. The van der Waals surface area contributed by atoms with Gasteiger partial charge in [-0.2, -0.15) is 13.2 Å². The van der Waals surface area contributed by atoms with Crippen LogP contribution in [0.5, 0.6) is 11.6 Å². The van der Waals surface area contributed by atoms with Crippen LogP contribution in [0.4, 0.5) is 19.1 Å². The van der Waals surface area contributed by atoms with Crippen LogP contribution in [0, 0.1) is 0 Å². The number of aryl methyl sites for hydroxylation is 1. The van der Waals surface area contributed by atoms with Gasteiger partial charge in [0.05, 0.1) is 7.11 Å². The number of methoxy groups -OCH3 is 1. The van der Waals surface area contributed by atoms with E-state index in [9.17, 15) is 13.2 Å². The lowest BCUT2D eigenvalue weighted by Crippen LogP contribution is -2.22. The normalized spacial score (nSPS) is 13.7. The first-order valence-electron chi connectivity index (χ1n) is 10.8. The highest BCUT2D eigenvalue weighted by molar-refractivity contribution is 6.30. The smallest absolute Gasteiger partial charge is 0.422 e. The van der Waals surface area contributed by atoms with Gasteiger partial charge >= 0.3 is 6.18 Å². The summed E-state index contributed by atoms with van der Waals surface area (Å²) in [5.74, 6) is 2.75. The third-order valence-corrected chi connectivity index (χ3v) is 5.73. The monoisotopic (exact) mass is 495 g/mol. The van der Waals surface area contributed by atoms with E-state index >= 15 is 0 Å². The van der Waals surface area contributed by atoms with E-state index in [1.165, 1.54) is 12.3 Å². The van der Waals surface area contributed by atoms with Crippen molar-refractivity contribution in [3.63, 3.8) is 0 Å². The summed E-state index contributed by atoms with van der Waals surface area (Å²) < 4.78 is 49.2. The number of halogens is 4. The molecule has 3 aromatic rings. The lowest BCUT2D eigenvalue weighted by Gasteiger charge is -2.21. The Morgan fingerprint density at radius 3 is 2.62 bits per heavy atom. The maximum absolute atomic E-state index is 12.3. The molecule has 2 aromatic heterocycles. The second kappa shape index (κ2) is 10.1. The molecule has 1 aromatic carbocycles. The Morgan fingerprint density at radius 1 is 1.18 bits per heavy atom. The third-order valence-electron chi connectivity index (χ3n) is 5.50. The van der Waals surface area contributed by atoms with Gasteiger partial charge in [-0.05, 0) is 43.0 Å². The summed E-state index contributed by atoms with van der Waals surface area (Å²) in [5, 5.41) is 9.52. The SMILES string of the molecule is COc1ccc(Cl)cc1CN(C)c1nnc(C2CC2)n1CCc1ccc(OCC(F)(F)F)nc1. The van der Waals surface area contributed by atoms with E-state index in [0.29, 0.717) is 30.5 Å². The topological polar surface area (TPSA) is 65.3 Å². The number of benzene rings is 1. The molecule has 0 spiro atoms. The molecule has 0 radical (unpaired) electrons. The number of hydrogen-bond donors (Lipinski definition) is 0. The van der Waals surface area contributed by atoms with Crippen molar-refractivity contribution in [2.45, 2.75) is 44.4 Å². The molecule has 0 bridgehead atoms. The van der Waals surface area contributed by atoms with E-state index in [-0.39, 0.29) is 5.88 Å². The molecular formula is C23H25ClF3N5O2. The minimum atomic E-state index is -4.40. The first kappa shape index (κ1) is 24.1. The summed E-state index contributed by atoms with van der Waals surface area (Å²) in [6, 6.07) is 8.66. The van der Waals surface area contributed by atoms with E-state index in [4.69, 9.17) is 16.3 Å². The van der Waals surface area contributed by atoms with Crippen molar-refractivity contribution in [3.8, 4) is 11.6 Å². The van der Waals surface area contributed by atoms with E-state index < -0.39 is 12.8 Å². The summed E-state index contributed by atoms with van der Waals surface area (Å²) in [7, 11) is 3.56. The van der Waals surface area contributed by atoms with Crippen LogP contribution in [0.25, 0.3) is 0 Å². The average Bonchev–Trinajstić information content (AvgIpc) is 3.55. The second-order valence-corrected chi connectivity index (χ2v) is 8.69. The number of aromatic nitrogens is 4. The second-order valence-electron chi connectivity index (χ2n) is 8.25. The van der Waals surface area contributed by atoms with Crippen LogP contribution >= 0.6 is 11.6 Å². The highest BCUT2D eigenvalue weighted by Crippen LogP contribution is 2.40. The highest BCUT2D eigenvalue weighted by Gasteiger charge is 2.31. The van der Waals surface area contributed by atoms with Gasteiger partial charge in [-0.3, -0.25) is 4.57 Å². The van der Waals surface area contributed by atoms with Gasteiger partial charge in [0.2, 0.25) is 11.8 Å². The first-order valence-corrected chi connectivity index (χ1v) is 11.2. The van der Waals surface area contributed by atoms with Gasteiger partial charge < -0.3 is 14.4 Å². The van der Waals surface area contributed by atoms with E-state index in [2.05, 4.69) is 24.5 Å². The Balaban J connectivity index is 1.47. The molecule has 0 unspecified atom stereocenters. The molecule has 0 saturated heterocycles. The number of pyridine rings is 1. The molecule has 0 aliphatic heterocycles. The molecule has 0 N–H and O–H groups in total. The molecular weight excluding hydrogens is 471 g/mol. The summed E-state index contributed by atoms with van der Waals surface area (Å²) >= 11 is 6.18. The van der Waals surface area contributed by atoms with Gasteiger partial charge in [0.15, 0.2) is 6.61 Å². The van der Waals surface area contributed by atoms with Crippen LogP contribution in [-0.4, -0.2) is 46.7 Å². The van der Waals surface area contributed by atoms with E-state index in [1.54, 1.807) is 19.2 Å². The van der Waals surface area contributed by atoms with Crippen LogP contribution in [-0.2, 0) is 19.5 Å². The van der Waals surface area contributed by atoms with Crippen LogP contribution < -0.4 is 14.4 Å². The van der Waals surface area contributed by atoms with Crippen LogP contribution in [0.3, 0.4) is 0 Å². The van der Waals surface area contributed by atoms with Crippen molar-refractivity contribution in [1.29, 1.82) is 0 Å². The lowest BCUT2D eigenvalue weighted by atomic mass is 10.2. The van der Waals surface area contributed by atoms with Gasteiger partial charge in [0, 0.05) is 48.9 Å². The van der Waals surface area contributed by atoms with Gasteiger partial charge in [-0.1, -0.05) is 17.7 Å². The molecule has 1 saturated carbocycles. The Bertz CT molecular complexity index is 1120. The molecule has 1 aliphatic rings. The molecule has 34 heavy (non-hydrogen) atoms. The van der Waals surface area contributed by atoms with Crippen molar-refractivity contribution < 1.29 is 22.6 Å². The third kappa shape index (κ3) is 6.11. The minimum Gasteiger partial charge on any atom is -0.496 e. The molecule has 0 atom stereocenters. The van der Waals surface area contributed by atoms with E-state index in [1.807, 2.05) is 24.1 Å². The molecule has 2 heterocycles. The molecule has 11 heteroatoms. The van der Waals surface area contributed by atoms with Crippen molar-refractivity contribution in [2.75, 3.05) is 25.7 Å². The van der Waals surface area contributed by atoms with Crippen molar-refractivity contribution in [2.24, 2.45) is 0 Å². The average molecular weight is 496 g/mol. The lowest BCUT2D eigenvalue weighted by molar-refractivity contribution is -0.154. The maximum atomic E-state index is 12.3. The number of nitrogens with zero attached hydrogens (tertiary/aromatic N) is 5.